The van der Waals surface area contributed by atoms with E-state index in [-0.39, 0.29) is 17.7 Å². The number of unbranched alkanes of at least 4 members (excludes halogenated alkanes) is 1. The van der Waals surface area contributed by atoms with Gasteiger partial charge in [-0.25, -0.2) is 9.37 Å². The maximum absolute atomic E-state index is 13.2. The third kappa shape index (κ3) is 4.50. The summed E-state index contributed by atoms with van der Waals surface area (Å²) < 4.78 is 52.9. The minimum absolute atomic E-state index is 0.0825. The van der Waals surface area contributed by atoms with Crippen molar-refractivity contribution in [3.63, 3.8) is 0 Å². The number of nitrogens with zero attached hydrogens (tertiary/aromatic N) is 2. The van der Waals surface area contributed by atoms with Gasteiger partial charge < -0.3 is 5.32 Å². The normalized spacial score (nSPS) is 11.4. The molecule has 0 fully saturated rings. The quantitative estimate of drug-likeness (QED) is 0.819. The molecule has 0 saturated carbocycles. The van der Waals surface area contributed by atoms with Gasteiger partial charge in [-0.3, -0.25) is 9.78 Å². The van der Waals surface area contributed by atoms with Gasteiger partial charge in [0.25, 0.3) is 0 Å². The summed E-state index contributed by atoms with van der Waals surface area (Å²) in [5, 5.41) is 2.23. The van der Waals surface area contributed by atoms with Crippen LogP contribution in [0.25, 0.3) is 11.3 Å². The number of nitrogens with one attached hydrogen (secondary N) is 1. The van der Waals surface area contributed by atoms with E-state index in [1.54, 1.807) is 0 Å². The average molecular weight is 341 g/mol. The molecule has 0 aliphatic heterocycles. The van der Waals surface area contributed by atoms with Gasteiger partial charge in [0.05, 0.1) is 17.6 Å². The molecule has 4 nitrogen and oxygen atoms in total. The van der Waals surface area contributed by atoms with Crippen molar-refractivity contribution >= 4 is 11.6 Å². The number of carbonyl (C=O) groups excluding carboxylic acids is 1. The number of alkyl halides is 3. The molecule has 8 heteroatoms. The van der Waals surface area contributed by atoms with Gasteiger partial charge in [0.15, 0.2) is 5.69 Å². The van der Waals surface area contributed by atoms with E-state index >= 15 is 0 Å². The van der Waals surface area contributed by atoms with Crippen LogP contribution in [0, 0.1) is 5.82 Å². The van der Waals surface area contributed by atoms with Gasteiger partial charge in [-0.1, -0.05) is 13.3 Å². The second-order valence-corrected chi connectivity index (χ2v) is 5.13. The zero-order valence-electron chi connectivity index (χ0n) is 12.8. The van der Waals surface area contributed by atoms with Crippen molar-refractivity contribution in [2.24, 2.45) is 0 Å². The molecule has 24 heavy (non-hydrogen) atoms. The topological polar surface area (TPSA) is 54.9 Å². The molecule has 0 spiro atoms. The molecule has 2 rings (SSSR count). The van der Waals surface area contributed by atoms with E-state index in [0.717, 1.165) is 24.8 Å². The number of pyridine rings is 2. The molecule has 2 heterocycles. The molecule has 0 radical (unpaired) electrons. The molecule has 0 saturated heterocycles. The Kier molecular flexibility index (Phi) is 5.48. The van der Waals surface area contributed by atoms with Gasteiger partial charge in [0.1, 0.15) is 5.82 Å². The summed E-state index contributed by atoms with van der Waals surface area (Å²) in [5.74, 6) is -1.19. The molecular formula is C16H15F4N3O. The van der Waals surface area contributed by atoms with Gasteiger partial charge in [-0.15, -0.1) is 0 Å². The first-order valence-corrected chi connectivity index (χ1v) is 7.30. The van der Waals surface area contributed by atoms with Crippen LogP contribution in [0.4, 0.5) is 23.2 Å². The van der Waals surface area contributed by atoms with Crippen molar-refractivity contribution in [1.82, 2.24) is 9.97 Å². The number of hydrogen-bond donors (Lipinski definition) is 1. The Hall–Kier alpha value is -2.51. The van der Waals surface area contributed by atoms with Crippen molar-refractivity contribution < 1.29 is 22.4 Å². The summed E-state index contributed by atoms with van der Waals surface area (Å²) >= 11 is 0. The van der Waals surface area contributed by atoms with Crippen molar-refractivity contribution in [3.05, 3.63) is 42.1 Å². The lowest BCUT2D eigenvalue weighted by Gasteiger charge is -2.14. The SMILES string of the molecule is CCCCC(=O)Nc1ccc(-c2cncc(F)c2)nc1C(F)(F)F. The van der Waals surface area contributed by atoms with Gasteiger partial charge in [0, 0.05) is 18.2 Å². The van der Waals surface area contributed by atoms with Crippen molar-refractivity contribution in [2.45, 2.75) is 32.4 Å². The Balaban J connectivity index is 2.37. The molecule has 0 aromatic carbocycles. The molecule has 1 amide bonds. The molecule has 0 aliphatic rings. The zero-order valence-corrected chi connectivity index (χ0v) is 12.8. The summed E-state index contributed by atoms with van der Waals surface area (Å²) in [6.07, 6.45) is -1.15. The Bertz CT molecular complexity index is 732. The highest BCUT2D eigenvalue weighted by molar-refractivity contribution is 5.91. The number of rotatable bonds is 5. The maximum Gasteiger partial charge on any atom is 0.435 e. The van der Waals surface area contributed by atoms with E-state index in [9.17, 15) is 22.4 Å². The van der Waals surface area contributed by atoms with Crippen LogP contribution >= 0.6 is 0 Å². The average Bonchev–Trinajstić information content (AvgIpc) is 2.52. The highest BCUT2D eigenvalue weighted by Gasteiger charge is 2.36. The molecule has 128 valence electrons. The predicted octanol–water partition coefficient (Wildman–Crippen LogP) is 4.43. The Morgan fingerprint density at radius 3 is 2.62 bits per heavy atom. The summed E-state index contributed by atoms with van der Waals surface area (Å²) in [7, 11) is 0. The second kappa shape index (κ2) is 7.37. The fraction of sp³-hybridized carbons (Fsp3) is 0.312. The minimum atomic E-state index is -4.76. The number of carbonyl (C=O) groups is 1. The number of anilines is 1. The summed E-state index contributed by atoms with van der Waals surface area (Å²) in [5.41, 5.74) is -1.61. The number of amides is 1. The molecule has 0 atom stereocenters. The van der Waals surface area contributed by atoms with Crippen LogP contribution < -0.4 is 5.32 Å². The first-order valence-electron chi connectivity index (χ1n) is 7.30. The van der Waals surface area contributed by atoms with Crippen LogP contribution in [0.3, 0.4) is 0 Å². The number of hydrogen-bond acceptors (Lipinski definition) is 3. The van der Waals surface area contributed by atoms with E-state index in [1.807, 2.05) is 6.92 Å². The van der Waals surface area contributed by atoms with Gasteiger partial charge in [-0.2, -0.15) is 13.2 Å². The zero-order chi connectivity index (χ0) is 17.7. The van der Waals surface area contributed by atoms with Crippen LogP contribution in [-0.2, 0) is 11.0 Å². The summed E-state index contributed by atoms with van der Waals surface area (Å²) in [6, 6.07) is 3.43. The largest absolute Gasteiger partial charge is 0.435 e. The standard InChI is InChI=1S/C16H15F4N3O/c1-2-3-4-14(24)22-13-6-5-12(23-15(13)16(18,19)20)10-7-11(17)9-21-8-10/h5-9H,2-4H2,1H3,(H,22,24). The van der Waals surface area contributed by atoms with E-state index < -0.39 is 29.3 Å². The lowest BCUT2D eigenvalue weighted by Crippen LogP contribution is -2.18. The van der Waals surface area contributed by atoms with E-state index in [0.29, 0.717) is 6.42 Å². The van der Waals surface area contributed by atoms with E-state index in [4.69, 9.17) is 0 Å². The number of halogens is 4. The highest BCUT2D eigenvalue weighted by atomic mass is 19.4. The first kappa shape index (κ1) is 17.8. The highest BCUT2D eigenvalue weighted by Crippen LogP contribution is 2.35. The molecule has 0 unspecified atom stereocenters. The molecule has 0 aliphatic carbocycles. The first-order chi connectivity index (χ1) is 11.3. The van der Waals surface area contributed by atoms with E-state index in [2.05, 4.69) is 15.3 Å². The van der Waals surface area contributed by atoms with Crippen LogP contribution in [0.15, 0.2) is 30.6 Å². The lowest BCUT2D eigenvalue weighted by atomic mass is 10.1. The van der Waals surface area contributed by atoms with Gasteiger partial charge in [0.2, 0.25) is 5.91 Å². The minimum Gasteiger partial charge on any atom is -0.324 e. The Morgan fingerprint density at radius 1 is 1.25 bits per heavy atom. The second-order valence-electron chi connectivity index (χ2n) is 5.13. The fourth-order valence-electron chi connectivity index (χ4n) is 2.04. The van der Waals surface area contributed by atoms with Gasteiger partial charge in [-0.05, 0) is 24.6 Å². The van der Waals surface area contributed by atoms with Gasteiger partial charge >= 0.3 is 6.18 Å². The maximum atomic E-state index is 13.2. The monoisotopic (exact) mass is 341 g/mol. The molecule has 2 aromatic heterocycles. The van der Waals surface area contributed by atoms with Crippen LogP contribution in [0.2, 0.25) is 0 Å². The summed E-state index contributed by atoms with van der Waals surface area (Å²) in [6.45, 7) is 1.87. The third-order valence-electron chi connectivity index (χ3n) is 3.20. The number of aromatic nitrogens is 2. The van der Waals surface area contributed by atoms with Crippen LogP contribution in [-0.4, -0.2) is 15.9 Å². The Labute approximate surface area is 135 Å². The predicted molar refractivity (Wildman–Crippen MR) is 80.6 cm³/mol. The molecule has 0 bridgehead atoms. The smallest absolute Gasteiger partial charge is 0.324 e. The van der Waals surface area contributed by atoms with E-state index in [1.165, 1.54) is 12.3 Å². The molecular weight excluding hydrogens is 326 g/mol. The van der Waals surface area contributed by atoms with Crippen LogP contribution in [0.5, 0.6) is 0 Å². The van der Waals surface area contributed by atoms with Crippen molar-refractivity contribution in [1.29, 1.82) is 0 Å². The fourth-order valence-corrected chi connectivity index (χ4v) is 2.04. The Morgan fingerprint density at radius 2 is 2.00 bits per heavy atom. The van der Waals surface area contributed by atoms with Crippen molar-refractivity contribution in [2.75, 3.05) is 5.32 Å². The third-order valence-corrected chi connectivity index (χ3v) is 3.20. The molecule has 1 N–H and O–H groups in total. The van der Waals surface area contributed by atoms with Crippen molar-refractivity contribution in [3.8, 4) is 11.3 Å². The molecule has 2 aromatic rings. The summed E-state index contributed by atoms with van der Waals surface area (Å²) in [4.78, 5) is 18.8. The van der Waals surface area contributed by atoms with Crippen LogP contribution in [0.1, 0.15) is 31.9 Å². The lowest BCUT2D eigenvalue weighted by molar-refractivity contribution is -0.140.